The van der Waals surface area contributed by atoms with E-state index < -0.39 is 18.5 Å². The van der Waals surface area contributed by atoms with Gasteiger partial charge in [0.25, 0.3) is 0 Å². The quantitative estimate of drug-likeness (QED) is 0.572. The smallest absolute Gasteiger partial charge is 0.341 e. The van der Waals surface area contributed by atoms with E-state index in [4.69, 9.17) is 15.6 Å². The lowest BCUT2D eigenvalue weighted by Gasteiger charge is -2.07. The number of carboxylic acids is 1. The van der Waals surface area contributed by atoms with E-state index in [2.05, 4.69) is 4.74 Å². The van der Waals surface area contributed by atoms with Crippen molar-refractivity contribution >= 4 is 17.6 Å². The molecule has 0 saturated heterocycles. The fourth-order valence-corrected chi connectivity index (χ4v) is 1.04. The van der Waals surface area contributed by atoms with Crippen molar-refractivity contribution in [2.75, 3.05) is 19.5 Å². The number of hydrogen-bond acceptors (Lipinski definition) is 5. The Bertz CT molecular complexity index is 416. The molecule has 0 saturated carbocycles. The van der Waals surface area contributed by atoms with Crippen LogP contribution in [0.15, 0.2) is 18.2 Å². The number of carbonyl (C=O) groups is 2. The highest BCUT2D eigenvalue weighted by Gasteiger charge is 2.13. The van der Waals surface area contributed by atoms with Gasteiger partial charge in [-0.25, -0.2) is 9.59 Å². The monoisotopic (exact) mass is 225 g/mol. The number of carbonyl (C=O) groups excluding carboxylic acids is 1. The van der Waals surface area contributed by atoms with Gasteiger partial charge in [0.1, 0.15) is 5.75 Å². The Morgan fingerprint density at radius 2 is 2.12 bits per heavy atom. The van der Waals surface area contributed by atoms with Crippen LogP contribution in [0.2, 0.25) is 0 Å². The van der Waals surface area contributed by atoms with Gasteiger partial charge < -0.3 is 20.3 Å². The number of nitrogen functional groups attached to an aromatic ring is 1. The first-order valence-electron chi connectivity index (χ1n) is 4.37. The van der Waals surface area contributed by atoms with E-state index in [1.54, 1.807) is 6.07 Å². The molecule has 0 radical (unpaired) electrons. The molecule has 0 aromatic heterocycles. The number of esters is 1. The van der Waals surface area contributed by atoms with E-state index in [0.29, 0.717) is 5.75 Å². The zero-order valence-corrected chi connectivity index (χ0v) is 8.60. The minimum atomic E-state index is -1.23. The molecule has 16 heavy (non-hydrogen) atoms. The third-order valence-corrected chi connectivity index (χ3v) is 1.81. The van der Waals surface area contributed by atoms with Crippen LogP contribution in [-0.2, 0) is 9.53 Å². The van der Waals surface area contributed by atoms with Gasteiger partial charge in [-0.2, -0.15) is 0 Å². The van der Waals surface area contributed by atoms with Crippen LogP contribution < -0.4 is 10.5 Å². The fourth-order valence-electron chi connectivity index (χ4n) is 1.04. The third kappa shape index (κ3) is 2.88. The van der Waals surface area contributed by atoms with Gasteiger partial charge in [0, 0.05) is 5.69 Å². The number of benzene rings is 1. The second-order valence-electron chi connectivity index (χ2n) is 2.92. The Morgan fingerprint density at radius 1 is 1.44 bits per heavy atom. The van der Waals surface area contributed by atoms with Gasteiger partial charge in [-0.05, 0) is 18.2 Å². The first-order chi connectivity index (χ1) is 7.54. The average molecular weight is 225 g/mol. The molecule has 0 spiro atoms. The lowest BCUT2D eigenvalue weighted by molar-refractivity contribution is -0.140. The molecule has 6 nitrogen and oxygen atoms in total. The normalized spacial score (nSPS) is 9.56. The summed E-state index contributed by atoms with van der Waals surface area (Å²) in [6, 6.07) is 4.46. The molecular formula is C10H11NO5. The van der Waals surface area contributed by atoms with E-state index in [-0.39, 0.29) is 11.3 Å². The fraction of sp³-hybridized carbons (Fsp3) is 0.200. The molecule has 0 bridgehead atoms. The number of methoxy groups -OCH3 is 1. The SMILES string of the molecule is COc1ccc(N)c(C(=O)OCC(=O)O)c1. The summed E-state index contributed by atoms with van der Waals surface area (Å²) < 4.78 is 9.40. The summed E-state index contributed by atoms with van der Waals surface area (Å²) in [4.78, 5) is 21.6. The number of hydrogen-bond donors (Lipinski definition) is 2. The van der Waals surface area contributed by atoms with Crippen molar-refractivity contribution in [2.45, 2.75) is 0 Å². The molecule has 0 aliphatic heterocycles. The predicted octanol–water partition coefficient (Wildman–Crippen LogP) is 0.519. The molecule has 86 valence electrons. The molecule has 0 amide bonds. The predicted molar refractivity (Wildman–Crippen MR) is 55.3 cm³/mol. The molecule has 1 aromatic rings. The Morgan fingerprint density at radius 3 is 2.69 bits per heavy atom. The van der Waals surface area contributed by atoms with Crippen LogP contribution in [-0.4, -0.2) is 30.8 Å². The summed E-state index contributed by atoms with van der Waals surface area (Å²) >= 11 is 0. The lowest BCUT2D eigenvalue weighted by Crippen LogP contribution is -2.14. The van der Waals surface area contributed by atoms with Crippen LogP contribution in [0.5, 0.6) is 5.75 Å². The summed E-state index contributed by atoms with van der Waals surface area (Å²) in [5, 5.41) is 8.35. The molecule has 6 heteroatoms. The molecule has 0 heterocycles. The highest BCUT2D eigenvalue weighted by atomic mass is 16.5. The first kappa shape index (κ1) is 11.8. The highest BCUT2D eigenvalue weighted by Crippen LogP contribution is 2.20. The van der Waals surface area contributed by atoms with Gasteiger partial charge >= 0.3 is 11.9 Å². The topological polar surface area (TPSA) is 98.9 Å². The van der Waals surface area contributed by atoms with E-state index in [1.807, 2.05) is 0 Å². The Balaban J connectivity index is 2.85. The Hall–Kier alpha value is -2.24. The zero-order chi connectivity index (χ0) is 12.1. The third-order valence-electron chi connectivity index (χ3n) is 1.81. The van der Waals surface area contributed by atoms with Gasteiger partial charge in [-0.15, -0.1) is 0 Å². The van der Waals surface area contributed by atoms with Gasteiger partial charge in [0.15, 0.2) is 6.61 Å². The summed E-state index contributed by atoms with van der Waals surface area (Å²) in [5.41, 5.74) is 5.84. The van der Waals surface area contributed by atoms with Crippen molar-refractivity contribution in [3.8, 4) is 5.75 Å². The van der Waals surface area contributed by atoms with Crippen LogP contribution >= 0.6 is 0 Å². The second-order valence-corrected chi connectivity index (χ2v) is 2.92. The maximum Gasteiger partial charge on any atom is 0.341 e. The molecule has 1 aromatic carbocycles. The van der Waals surface area contributed by atoms with E-state index in [9.17, 15) is 9.59 Å². The Kier molecular flexibility index (Phi) is 3.71. The Labute approximate surface area is 91.6 Å². The van der Waals surface area contributed by atoms with Crippen molar-refractivity contribution in [1.82, 2.24) is 0 Å². The number of carboxylic acid groups (broad SMARTS) is 1. The van der Waals surface area contributed by atoms with Crippen LogP contribution in [0.4, 0.5) is 5.69 Å². The van der Waals surface area contributed by atoms with Crippen LogP contribution in [0.1, 0.15) is 10.4 Å². The lowest BCUT2D eigenvalue weighted by atomic mass is 10.2. The van der Waals surface area contributed by atoms with E-state index in [1.165, 1.54) is 19.2 Å². The maximum absolute atomic E-state index is 11.4. The van der Waals surface area contributed by atoms with Crippen molar-refractivity contribution in [3.63, 3.8) is 0 Å². The summed E-state index contributed by atoms with van der Waals surface area (Å²) in [6.45, 7) is -0.699. The maximum atomic E-state index is 11.4. The zero-order valence-electron chi connectivity index (χ0n) is 8.60. The molecule has 0 unspecified atom stereocenters. The number of nitrogens with two attached hydrogens (primary N) is 1. The van der Waals surface area contributed by atoms with Crippen LogP contribution in [0, 0.1) is 0 Å². The number of rotatable bonds is 4. The van der Waals surface area contributed by atoms with Gasteiger partial charge in [-0.1, -0.05) is 0 Å². The van der Waals surface area contributed by atoms with Gasteiger partial charge in [0.05, 0.1) is 12.7 Å². The summed E-state index contributed by atoms with van der Waals surface area (Å²) in [6.07, 6.45) is 0. The van der Waals surface area contributed by atoms with Crippen LogP contribution in [0.25, 0.3) is 0 Å². The summed E-state index contributed by atoms with van der Waals surface area (Å²) in [7, 11) is 1.44. The second kappa shape index (κ2) is 5.01. The number of aliphatic carboxylic acids is 1. The van der Waals surface area contributed by atoms with Crippen molar-refractivity contribution < 1.29 is 24.2 Å². The molecule has 0 fully saturated rings. The van der Waals surface area contributed by atoms with Crippen LogP contribution in [0.3, 0.4) is 0 Å². The minimum absolute atomic E-state index is 0.0839. The first-order valence-corrected chi connectivity index (χ1v) is 4.37. The average Bonchev–Trinajstić information content (AvgIpc) is 2.26. The molecular weight excluding hydrogens is 214 g/mol. The van der Waals surface area contributed by atoms with E-state index in [0.717, 1.165) is 0 Å². The molecule has 1 rings (SSSR count). The number of ether oxygens (including phenoxy) is 2. The molecule has 0 atom stereocenters. The largest absolute Gasteiger partial charge is 0.497 e. The van der Waals surface area contributed by atoms with Crippen molar-refractivity contribution in [2.24, 2.45) is 0 Å². The minimum Gasteiger partial charge on any atom is -0.497 e. The van der Waals surface area contributed by atoms with Gasteiger partial charge in [-0.3, -0.25) is 0 Å². The van der Waals surface area contributed by atoms with E-state index >= 15 is 0 Å². The standard InChI is InChI=1S/C10H11NO5/c1-15-6-2-3-8(11)7(4-6)10(14)16-5-9(12)13/h2-4H,5,11H2,1H3,(H,12,13). The van der Waals surface area contributed by atoms with Crippen molar-refractivity contribution in [1.29, 1.82) is 0 Å². The molecule has 0 aliphatic rings. The highest BCUT2D eigenvalue weighted by molar-refractivity contribution is 5.96. The molecule has 3 N–H and O–H groups in total. The van der Waals surface area contributed by atoms with Gasteiger partial charge in [0.2, 0.25) is 0 Å². The molecule has 0 aliphatic carbocycles. The summed E-state index contributed by atoms with van der Waals surface area (Å²) in [5.74, 6) is -1.58. The van der Waals surface area contributed by atoms with Crippen molar-refractivity contribution in [3.05, 3.63) is 23.8 Å². The number of anilines is 1.